The molecule has 2 aromatic rings. The molecule has 3 rings (SSSR count). The van der Waals surface area contributed by atoms with Crippen molar-refractivity contribution in [2.45, 2.75) is 18.9 Å². The fraction of sp³-hybridized carbons (Fsp3) is 0.357. The first-order valence-corrected chi connectivity index (χ1v) is 6.17. The van der Waals surface area contributed by atoms with Gasteiger partial charge in [0.1, 0.15) is 5.82 Å². The van der Waals surface area contributed by atoms with Crippen LogP contribution in [0.3, 0.4) is 0 Å². The number of benzene rings is 1. The SMILES string of the molecule is CC1(O)CCN(c2ccc3cc(N)ccc3n2)C1. The quantitative estimate of drug-likeness (QED) is 0.749. The molecule has 2 heterocycles. The Balaban J connectivity index is 1.97. The van der Waals surface area contributed by atoms with Gasteiger partial charge in [0.25, 0.3) is 0 Å². The molecule has 1 fully saturated rings. The van der Waals surface area contributed by atoms with E-state index in [1.165, 1.54) is 0 Å². The maximum Gasteiger partial charge on any atom is 0.129 e. The number of anilines is 2. The van der Waals surface area contributed by atoms with Crippen LogP contribution in [-0.4, -0.2) is 28.8 Å². The minimum absolute atomic E-state index is 0.599. The largest absolute Gasteiger partial charge is 0.399 e. The summed E-state index contributed by atoms with van der Waals surface area (Å²) in [6, 6.07) is 9.73. The van der Waals surface area contributed by atoms with Gasteiger partial charge >= 0.3 is 0 Å². The van der Waals surface area contributed by atoms with Gasteiger partial charge in [0.05, 0.1) is 11.1 Å². The third kappa shape index (κ3) is 1.99. The van der Waals surface area contributed by atoms with E-state index in [1.54, 1.807) is 0 Å². The van der Waals surface area contributed by atoms with Crippen molar-refractivity contribution < 1.29 is 5.11 Å². The third-order valence-corrected chi connectivity index (χ3v) is 3.47. The number of nitrogens with two attached hydrogens (primary N) is 1. The highest BCUT2D eigenvalue weighted by Crippen LogP contribution is 2.27. The molecule has 0 aliphatic carbocycles. The number of aliphatic hydroxyl groups is 1. The molecule has 1 aromatic carbocycles. The number of hydrogen-bond acceptors (Lipinski definition) is 4. The van der Waals surface area contributed by atoms with Gasteiger partial charge in [-0.2, -0.15) is 0 Å². The molecule has 1 aliphatic rings. The maximum atomic E-state index is 9.99. The van der Waals surface area contributed by atoms with E-state index in [4.69, 9.17) is 5.73 Å². The minimum atomic E-state index is -0.599. The van der Waals surface area contributed by atoms with Gasteiger partial charge in [-0.15, -0.1) is 0 Å². The number of pyridine rings is 1. The number of nitrogen functional groups attached to an aromatic ring is 1. The van der Waals surface area contributed by atoms with Crippen LogP contribution < -0.4 is 10.6 Å². The van der Waals surface area contributed by atoms with Crippen LogP contribution in [0, 0.1) is 0 Å². The minimum Gasteiger partial charge on any atom is -0.399 e. The van der Waals surface area contributed by atoms with Crippen molar-refractivity contribution in [3.8, 4) is 0 Å². The van der Waals surface area contributed by atoms with E-state index >= 15 is 0 Å². The highest BCUT2D eigenvalue weighted by molar-refractivity contribution is 5.83. The zero-order chi connectivity index (χ0) is 12.8. The molecule has 1 aromatic heterocycles. The first kappa shape index (κ1) is 11.3. The molecule has 1 unspecified atom stereocenters. The summed E-state index contributed by atoms with van der Waals surface area (Å²) in [7, 11) is 0. The summed E-state index contributed by atoms with van der Waals surface area (Å²) in [5.41, 5.74) is 6.84. The van der Waals surface area contributed by atoms with E-state index in [9.17, 15) is 5.11 Å². The molecule has 4 nitrogen and oxygen atoms in total. The Morgan fingerprint density at radius 3 is 2.89 bits per heavy atom. The van der Waals surface area contributed by atoms with Crippen molar-refractivity contribution in [2.24, 2.45) is 0 Å². The van der Waals surface area contributed by atoms with Crippen LogP contribution in [-0.2, 0) is 0 Å². The average molecular weight is 243 g/mol. The lowest BCUT2D eigenvalue weighted by molar-refractivity contribution is 0.0839. The lowest BCUT2D eigenvalue weighted by Crippen LogP contribution is -2.29. The predicted octanol–water partition coefficient (Wildman–Crippen LogP) is 1.78. The molecule has 1 aliphatic heterocycles. The van der Waals surface area contributed by atoms with Gasteiger partial charge in [0, 0.05) is 24.2 Å². The fourth-order valence-corrected chi connectivity index (χ4v) is 2.45. The van der Waals surface area contributed by atoms with E-state index in [1.807, 2.05) is 37.3 Å². The molecule has 18 heavy (non-hydrogen) atoms. The van der Waals surface area contributed by atoms with Crippen molar-refractivity contribution in [3.63, 3.8) is 0 Å². The molecule has 0 bridgehead atoms. The molecular weight excluding hydrogens is 226 g/mol. The summed E-state index contributed by atoms with van der Waals surface area (Å²) in [5, 5.41) is 11.0. The smallest absolute Gasteiger partial charge is 0.129 e. The number of nitrogens with zero attached hydrogens (tertiary/aromatic N) is 2. The average Bonchev–Trinajstić information content (AvgIpc) is 2.69. The van der Waals surface area contributed by atoms with Crippen molar-refractivity contribution in [2.75, 3.05) is 23.7 Å². The van der Waals surface area contributed by atoms with Crippen LogP contribution in [0.4, 0.5) is 11.5 Å². The zero-order valence-electron chi connectivity index (χ0n) is 10.4. The second-order valence-electron chi connectivity index (χ2n) is 5.29. The Bertz CT molecular complexity index is 595. The molecule has 4 heteroatoms. The monoisotopic (exact) mass is 243 g/mol. The summed E-state index contributed by atoms with van der Waals surface area (Å²) in [4.78, 5) is 6.74. The van der Waals surface area contributed by atoms with Crippen LogP contribution in [0.25, 0.3) is 10.9 Å². The molecule has 0 radical (unpaired) electrons. The van der Waals surface area contributed by atoms with Gasteiger partial charge in [0.15, 0.2) is 0 Å². The summed E-state index contributed by atoms with van der Waals surface area (Å²) < 4.78 is 0. The van der Waals surface area contributed by atoms with Gasteiger partial charge in [-0.3, -0.25) is 0 Å². The standard InChI is InChI=1S/C14H17N3O/c1-14(18)6-7-17(9-14)13-5-2-10-8-11(15)3-4-12(10)16-13/h2-5,8,18H,6-7,9,15H2,1H3. The van der Waals surface area contributed by atoms with Crippen LogP contribution in [0.15, 0.2) is 30.3 Å². The summed E-state index contributed by atoms with van der Waals surface area (Å²) in [6.45, 7) is 3.36. The molecule has 1 atom stereocenters. The number of hydrogen-bond donors (Lipinski definition) is 2. The summed E-state index contributed by atoms with van der Waals surface area (Å²) in [6.07, 6.45) is 0.786. The Morgan fingerprint density at radius 2 is 2.17 bits per heavy atom. The predicted molar refractivity (Wildman–Crippen MR) is 73.6 cm³/mol. The molecule has 94 valence electrons. The van der Waals surface area contributed by atoms with Crippen molar-refractivity contribution in [1.29, 1.82) is 0 Å². The third-order valence-electron chi connectivity index (χ3n) is 3.47. The molecule has 1 saturated heterocycles. The lowest BCUT2D eigenvalue weighted by Gasteiger charge is -2.20. The Morgan fingerprint density at radius 1 is 1.33 bits per heavy atom. The normalized spacial score (nSPS) is 23.8. The Hall–Kier alpha value is -1.81. The zero-order valence-corrected chi connectivity index (χ0v) is 10.4. The molecular formula is C14H17N3O. The number of β-amino-alcohol motifs (C(OH)–C–C–N with tert-alkyl or cyclic N) is 1. The van der Waals surface area contributed by atoms with Gasteiger partial charge in [0.2, 0.25) is 0 Å². The number of rotatable bonds is 1. The van der Waals surface area contributed by atoms with Crippen molar-refractivity contribution in [3.05, 3.63) is 30.3 Å². The molecule has 0 saturated carbocycles. The molecule has 0 amide bonds. The molecule has 3 N–H and O–H groups in total. The summed E-state index contributed by atoms with van der Waals surface area (Å²) >= 11 is 0. The second-order valence-corrected chi connectivity index (χ2v) is 5.29. The van der Waals surface area contributed by atoms with Crippen LogP contribution in [0.5, 0.6) is 0 Å². The fourth-order valence-electron chi connectivity index (χ4n) is 2.45. The Labute approximate surface area is 106 Å². The van der Waals surface area contributed by atoms with Gasteiger partial charge < -0.3 is 15.7 Å². The van der Waals surface area contributed by atoms with E-state index in [0.717, 1.165) is 35.4 Å². The van der Waals surface area contributed by atoms with Crippen LogP contribution in [0.2, 0.25) is 0 Å². The second kappa shape index (κ2) is 3.85. The van der Waals surface area contributed by atoms with Gasteiger partial charge in [-0.05, 0) is 43.7 Å². The van der Waals surface area contributed by atoms with Crippen LogP contribution in [0.1, 0.15) is 13.3 Å². The first-order chi connectivity index (χ1) is 8.53. The molecule has 0 spiro atoms. The number of fused-ring (bicyclic) bond motifs is 1. The van der Waals surface area contributed by atoms with E-state index in [2.05, 4.69) is 9.88 Å². The van der Waals surface area contributed by atoms with Crippen molar-refractivity contribution >= 4 is 22.4 Å². The maximum absolute atomic E-state index is 9.99. The van der Waals surface area contributed by atoms with Gasteiger partial charge in [-0.25, -0.2) is 4.98 Å². The first-order valence-electron chi connectivity index (χ1n) is 6.17. The Kier molecular flexibility index (Phi) is 2.41. The number of aromatic nitrogens is 1. The van der Waals surface area contributed by atoms with E-state index in [-0.39, 0.29) is 0 Å². The lowest BCUT2D eigenvalue weighted by atomic mass is 10.1. The highest BCUT2D eigenvalue weighted by Gasteiger charge is 2.31. The van der Waals surface area contributed by atoms with E-state index < -0.39 is 5.60 Å². The highest BCUT2D eigenvalue weighted by atomic mass is 16.3. The van der Waals surface area contributed by atoms with Gasteiger partial charge in [-0.1, -0.05) is 0 Å². The summed E-state index contributed by atoms with van der Waals surface area (Å²) in [5.74, 6) is 0.921. The van der Waals surface area contributed by atoms with Crippen molar-refractivity contribution in [1.82, 2.24) is 4.98 Å². The van der Waals surface area contributed by atoms with Crippen LogP contribution >= 0.6 is 0 Å². The van der Waals surface area contributed by atoms with E-state index in [0.29, 0.717) is 6.54 Å². The topological polar surface area (TPSA) is 62.4 Å².